The summed E-state index contributed by atoms with van der Waals surface area (Å²) in [6.45, 7) is -0.326. The van der Waals surface area contributed by atoms with E-state index in [-0.39, 0.29) is 6.54 Å². The third-order valence-electron chi connectivity index (χ3n) is 2.77. The fourth-order valence-corrected chi connectivity index (χ4v) is 1.67. The Labute approximate surface area is 115 Å². The van der Waals surface area contributed by atoms with E-state index in [2.05, 4.69) is 5.32 Å². The Bertz CT molecular complexity index is 590. The van der Waals surface area contributed by atoms with Crippen LogP contribution in [0, 0.1) is 0 Å². The molecule has 0 radical (unpaired) electrons. The van der Waals surface area contributed by atoms with Gasteiger partial charge in [-0.3, -0.25) is 4.79 Å². The molecule has 0 aliphatic rings. The van der Waals surface area contributed by atoms with Crippen LogP contribution in [0.2, 0.25) is 0 Å². The monoisotopic (exact) mass is 274 g/mol. The van der Waals surface area contributed by atoms with Crippen molar-refractivity contribution in [3.63, 3.8) is 0 Å². The molecule has 0 spiro atoms. The van der Waals surface area contributed by atoms with Gasteiger partial charge in [-0.05, 0) is 36.4 Å². The van der Waals surface area contributed by atoms with Crippen LogP contribution in [0.3, 0.4) is 0 Å². The maximum Gasteiger partial charge on any atom is 0.334 e. The predicted octanol–water partition coefficient (Wildman–Crippen LogP) is 0.653. The predicted molar refractivity (Wildman–Crippen MR) is 71.7 cm³/mol. The standard InChI is InChI=1S/C14H14N2O4/c17-12(14(19)20)9-15-13(18)10-3-5-11(6-4-10)16-7-1-2-8-16/h1-8,12,17H,9H2,(H,15,18)(H,19,20)/t12-/m0/s1. The van der Waals surface area contributed by atoms with Crippen LogP contribution in [0.5, 0.6) is 0 Å². The molecular weight excluding hydrogens is 260 g/mol. The highest BCUT2D eigenvalue weighted by atomic mass is 16.4. The highest BCUT2D eigenvalue weighted by molar-refractivity contribution is 5.94. The summed E-state index contributed by atoms with van der Waals surface area (Å²) in [5, 5.41) is 19.9. The summed E-state index contributed by atoms with van der Waals surface area (Å²) in [4.78, 5) is 22.2. The van der Waals surface area contributed by atoms with E-state index < -0.39 is 18.0 Å². The van der Waals surface area contributed by atoms with E-state index >= 15 is 0 Å². The van der Waals surface area contributed by atoms with Crippen molar-refractivity contribution in [2.24, 2.45) is 0 Å². The van der Waals surface area contributed by atoms with E-state index in [1.165, 1.54) is 0 Å². The number of aliphatic carboxylic acids is 1. The summed E-state index contributed by atoms with van der Waals surface area (Å²) < 4.78 is 1.90. The first-order valence-corrected chi connectivity index (χ1v) is 6.00. The molecule has 0 aliphatic carbocycles. The second kappa shape index (κ2) is 6.03. The van der Waals surface area contributed by atoms with E-state index in [9.17, 15) is 9.59 Å². The number of amides is 1. The fourth-order valence-electron chi connectivity index (χ4n) is 1.67. The molecule has 104 valence electrons. The van der Waals surface area contributed by atoms with Gasteiger partial charge in [0.25, 0.3) is 5.91 Å². The third-order valence-corrected chi connectivity index (χ3v) is 2.77. The molecule has 1 atom stereocenters. The lowest BCUT2D eigenvalue weighted by atomic mass is 10.2. The number of rotatable bonds is 5. The summed E-state index contributed by atoms with van der Waals surface area (Å²) in [7, 11) is 0. The van der Waals surface area contributed by atoms with E-state index in [4.69, 9.17) is 10.2 Å². The van der Waals surface area contributed by atoms with Gasteiger partial charge in [0.15, 0.2) is 6.10 Å². The van der Waals surface area contributed by atoms with Crippen LogP contribution in [0.15, 0.2) is 48.8 Å². The Morgan fingerprint density at radius 3 is 2.30 bits per heavy atom. The molecule has 6 nitrogen and oxygen atoms in total. The number of nitrogens with zero attached hydrogens (tertiary/aromatic N) is 1. The minimum absolute atomic E-state index is 0.326. The largest absolute Gasteiger partial charge is 0.479 e. The number of carbonyl (C=O) groups is 2. The lowest BCUT2D eigenvalue weighted by Gasteiger charge is -2.08. The van der Waals surface area contributed by atoms with E-state index in [1.54, 1.807) is 24.3 Å². The van der Waals surface area contributed by atoms with E-state index in [1.807, 2.05) is 29.1 Å². The number of hydrogen-bond donors (Lipinski definition) is 3. The topological polar surface area (TPSA) is 91.6 Å². The number of carboxylic acids is 1. The van der Waals surface area contributed by atoms with Crippen molar-refractivity contribution in [3.8, 4) is 5.69 Å². The molecule has 1 aromatic carbocycles. The molecule has 0 saturated heterocycles. The smallest absolute Gasteiger partial charge is 0.334 e. The number of hydrogen-bond acceptors (Lipinski definition) is 3. The molecule has 1 amide bonds. The number of benzene rings is 1. The minimum atomic E-state index is -1.60. The molecule has 3 N–H and O–H groups in total. The summed E-state index contributed by atoms with van der Waals surface area (Å²) in [6, 6.07) is 10.6. The maximum absolute atomic E-state index is 11.7. The Hall–Kier alpha value is -2.60. The molecule has 0 saturated carbocycles. The van der Waals surface area contributed by atoms with Crippen LogP contribution >= 0.6 is 0 Å². The average Bonchev–Trinajstić information content (AvgIpc) is 2.98. The van der Waals surface area contributed by atoms with Gasteiger partial charge < -0.3 is 20.1 Å². The van der Waals surface area contributed by atoms with Crippen LogP contribution in [0.1, 0.15) is 10.4 Å². The van der Waals surface area contributed by atoms with Gasteiger partial charge in [0, 0.05) is 23.6 Å². The van der Waals surface area contributed by atoms with E-state index in [0.29, 0.717) is 5.56 Å². The first-order valence-electron chi connectivity index (χ1n) is 6.00. The second-order valence-electron chi connectivity index (χ2n) is 4.20. The Morgan fingerprint density at radius 2 is 1.75 bits per heavy atom. The quantitative estimate of drug-likeness (QED) is 0.746. The zero-order valence-corrected chi connectivity index (χ0v) is 10.6. The SMILES string of the molecule is O=C(NC[C@H](O)C(=O)O)c1ccc(-n2cccc2)cc1. The van der Waals surface area contributed by atoms with Gasteiger partial charge in [0.2, 0.25) is 0 Å². The normalized spacial score (nSPS) is 11.8. The zero-order chi connectivity index (χ0) is 14.5. The van der Waals surface area contributed by atoms with Crippen molar-refractivity contribution >= 4 is 11.9 Å². The summed E-state index contributed by atoms with van der Waals surface area (Å²) in [5.74, 6) is -1.79. The molecule has 6 heteroatoms. The fraction of sp³-hybridized carbons (Fsp3) is 0.143. The van der Waals surface area contributed by atoms with Crippen molar-refractivity contribution in [3.05, 3.63) is 54.4 Å². The van der Waals surface area contributed by atoms with Crippen LogP contribution in [-0.4, -0.2) is 39.3 Å². The van der Waals surface area contributed by atoms with Gasteiger partial charge in [0.1, 0.15) is 0 Å². The van der Waals surface area contributed by atoms with Crippen molar-refractivity contribution in [1.29, 1.82) is 0 Å². The molecular formula is C14H14N2O4. The highest BCUT2D eigenvalue weighted by Gasteiger charge is 2.14. The second-order valence-corrected chi connectivity index (χ2v) is 4.20. The Morgan fingerprint density at radius 1 is 1.15 bits per heavy atom. The van der Waals surface area contributed by atoms with Crippen molar-refractivity contribution in [2.75, 3.05) is 6.54 Å². The number of aliphatic hydroxyl groups is 1. The molecule has 1 heterocycles. The van der Waals surface area contributed by atoms with Crippen LogP contribution in [0.25, 0.3) is 5.69 Å². The minimum Gasteiger partial charge on any atom is -0.479 e. The van der Waals surface area contributed by atoms with Gasteiger partial charge >= 0.3 is 5.97 Å². The Balaban J connectivity index is 1.99. The zero-order valence-electron chi connectivity index (χ0n) is 10.6. The van der Waals surface area contributed by atoms with E-state index in [0.717, 1.165) is 5.69 Å². The lowest BCUT2D eigenvalue weighted by Crippen LogP contribution is -2.36. The molecule has 0 bridgehead atoms. The third kappa shape index (κ3) is 3.24. The van der Waals surface area contributed by atoms with Gasteiger partial charge in [-0.2, -0.15) is 0 Å². The lowest BCUT2D eigenvalue weighted by molar-refractivity contribution is -0.146. The van der Waals surface area contributed by atoms with Gasteiger partial charge in [0.05, 0.1) is 6.54 Å². The Kier molecular flexibility index (Phi) is 4.17. The summed E-state index contributed by atoms with van der Waals surface area (Å²) >= 11 is 0. The number of nitrogens with one attached hydrogen (secondary N) is 1. The molecule has 0 aliphatic heterocycles. The van der Waals surface area contributed by atoms with Crippen LogP contribution < -0.4 is 5.32 Å². The summed E-state index contributed by atoms with van der Waals surface area (Å²) in [6.07, 6.45) is 2.18. The maximum atomic E-state index is 11.7. The number of aromatic nitrogens is 1. The van der Waals surface area contributed by atoms with Crippen molar-refractivity contribution in [2.45, 2.75) is 6.10 Å². The first kappa shape index (κ1) is 13.8. The van der Waals surface area contributed by atoms with Gasteiger partial charge in [-0.15, -0.1) is 0 Å². The average molecular weight is 274 g/mol. The molecule has 0 fully saturated rings. The van der Waals surface area contributed by atoms with Crippen molar-refractivity contribution < 1.29 is 19.8 Å². The summed E-state index contributed by atoms with van der Waals surface area (Å²) in [5.41, 5.74) is 1.32. The number of aliphatic hydroxyl groups excluding tert-OH is 1. The van der Waals surface area contributed by atoms with Crippen LogP contribution in [-0.2, 0) is 4.79 Å². The number of carbonyl (C=O) groups excluding carboxylic acids is 1. The molecule has 0 unspecified atom stereocenters. The molecule has 2 rings (SSSR count). The molecule has 2 aromatic rings. The van der Waals surface area contributed by atoms with Gasteiger partial charge in [-0.25, -0.2) is 4.79 Å². The highest BCUT2D eigenvalue weighted by Crippen LogP contribution is 2.09. The van der Waals surface area contributed by atoms with Gasteiger partial charge in [-0.1, -0.05) is 0 Å². The first-order chi connectivity index (χ1) is 9.58. The van der Waals surface area contributed by atoms with Crippen molar-refractivity contribution in [1.82, 2.24) is 9.88 Å². The molecule has 20 heavy (non-hydrogen) atoms. The molecule has 1 aromatic heterocycles. The number of carboxylic acid groups (broad SMARTS) is 1. The van der Waals surface area contributed by atoms with Crippen LogP contribution in [0.4, 0.5) is 0 Å².